The monoisotopic (exact) mass is 620 g/mol. The predicted molar refractivity (Wildman–Crippen MR) is 153 cm³/mol. The van der Waals surface area contributed by atoms with Crippen LogP contribution in [0.4, 0.5) is 0 Å². The molecule has 0 spiro atoms. The largest absolute Gasteiger partial charge is 0.541 e. The topological polar surface area (TPSA) is 174 Å². The lowest BCUT2D eigenvalue weighted by Gasteiger charge is -2.40. The first-order valence-corrected chi connectivity index (χ1v) is 14.9. The first kappa shape index (κ1) is 31.9. The van der Waals surface area contributed by atoms with Crippen LogP contribution in [0.5, 0.6) is 0 Å². The highest BCUT2D eigenvalue weighted by Crippen LogP contribution is 2.53. The lowest BCUT2D eigenvalue weighted by Crippen LogP contribution is -2.60. The van der Waals surface area contributed by atoms with Gasteiger partial charge in [-0.3, -0.25) is 24.1 Å². The van der Waals surface area contributed by atoms with Gasteiger partial charge in [-0.1, -0.05) is 16.9 Å². The van der Waals surface area contributed by atoms with Crippen LogP contribution in [0.3, 0.4) is 0 Å². The van der Waals surface area contributed by atoms with Crippen LogP contribution in [0.2, 0.25) is 0 Å². The van der Waals surface area contributed by atoms with Crippen LogP contribution in [-0.4, -0.2) is 111 Å². The van der Waals surface area contributed by atoms with E-state index in [1.54, 1.807) is 38.0 Å². The van der Waals surface area contributed by atoms with Gasteiger partial charge in [0.25, 0.3) is 0 Å². The van der Waals surface area contributed by atoms with Crippen molar-refractivity contribution in [1.82, 2.24) is 19.7 Å². The Hall–Kier alpha value is -3.02. The molecule has 226 valence electrons. The molecule has 3 aliphatic heterocycles. The minimum Gasteiger partial charge on any atom is -0.541 e. The number of thioether (sulfide) groups is 1. The van der Waals surface area contributed by atoms with Crippen molar-refractivity contribution < 1.29 is 38.2 Å². The number of β-lactam (4-membered cyclic amide) rings is 1. The molecule has 3 fully saturated rings. The first-order valence-electron chi connectivity index (χ1n) is 13.1. The summed E-state index contributed by atoms with van der Waals surface area (Å²) in [5.74, 6) is -3.69. The zero-order valence-corrected chi connectivity index (χ0v) is 25.9. The van der Waals surface area contributed by atoms with E-state index in [1.165, 1.54) is 35.0 Å². The van der Waals surface area contributed by atoms with Crippen molar-refractivity contribution in [3.63, 3.8) is 0 Å². The molecule has 17 heteroatoms. The Bertz CT molecular complexity index is 1330. The number of hydrogen-bond acceptors (Lipinski definition) is 14. The smallest absolute Gasteiger partial charge is 0.378 e. The van der Waals surface area contributed by atoms with Gasteiger partial charge in [0.1, 0.15) is 11.3 Å². The van der Waals surface area contributed by atoms with Gasteiger partial charge in [-0.25, -0.2) is 9.78 Å². The van der Waals surface area contributed by atoms with E-state index in [9.17, 15) is 24.0 Å². The molecule has 0 aromatic carbocycles. The molecule has 42 heavy (non-hydrogen) atoms. The van der Waals surface area contributed by atoms with Gasteiger partial charge in [-0.2, -0.15) is 0 Å². The van der Waals surface area contributed by atoms with Crippen LogP contribution in [0.25, 0.3) is 0 Å². The number of amides is 2. The first-order chi connectivity index (χ1) is 19.5. The standard InChI is InChI=1S/C25H33BN6O8S2/c1-13-28-15(9-41-13)18(29-40-24(5,6)21(36)38-23(2,3)4)16(33)7-14-19(35)31-10-25(22(37)39-26,42-20(14)31)32-12-30(11-27)8-17(32)34/h9,14,20H,7-8,10-12,27H2,1-6H3/b29-18-/t14?,20-,25-/m1/s1. The summed E-state index contributed by atoms with van der Waals surface area (Å²) in [7, 11) is 5.24. The molecule has 0 bridgehead atoms. The van der Waals surface area contributed by atoms with Gasteiger partial charge < -0.3 is 29.8 Å². The summed E-state index contributed by atoms with van der Waals surface area (Å²) in [5.41, 5.74) is 3.46. The summed E-state index contributed by atoms with van der Waals surface area (Å²) in [6.45, 7) is 9.83. The maximum absolute atomic E-state index is 13.6. The van der Waals surface area contributed by atoms with Gasteiger partial charge in [0.2, 0.25) is 22.3 Å². The third-order valence-electron chi connectivity index (χ3n) is 6.86. The lowest BCUT2D eigenvalue weighted by atomic mass is 9.90. The third-order valence-corrected chi connectivity index (χ3v) is 9.36. The predicted octanol–water partition coefficient (Wildman–Crippen LogP) is 0.124. The number of ketones is 1. The van der Waals surface area contributed by atoms with Crippen molar-refractivity contribution in [2.45, 2.75) is 69.4 Å². The SMILES string of the molecule is [B]OC(=O)[C@@]1(N2CN(CN)CC2=O)CN2C(=O)C(CC(=O)/C(=N\OC(C)(C)C(=O)OC(C)(C)C)c3csc(C)n3)[C@H]2S1. The van der Waals surface area contributed by atoms with Gasteiger partial charge in [-0.05, 0) is 41.5 Å². The zero-order chi connectivity index (χ0) is 31.2. The van der Waals surface area contributed by atoms with Crippen LogP contribution < -0.4 is 5.73 Å². The van der Waals surface area contributed by atoms with Crippen molar-refractivity contribution in [1.29, 1.82) is 0 Å². The number of aromatic nitrogens is 1. The zero-order valence-electron chi connectivity index (χ0n) is 24.2. The second kappa shape index (κ2) is 11.6. The summed E-state index contributed by atoms with van der Waals surface area (Å²) in [4.78, 5) is 77.8. The number of nitrogens with zero attached hydrogens (tertiary/aromatic N) is 5. The Morgan fingerprint density at radius 2 is 1.93 bits per heavy atom. The Morgan fingerprint density at radius 1 is 1.24 bits per heavy atom. The molecule has 14 nitrogen and oxygen atoms in total. The molecule has 3 atom stereocenters. The number of oxime groups is 1. The molecular formula is C25H33BN6O8S2. The van der Waals surface area contributed by atoms with Gasteiger partial charge in [0.05, 0.1) is 36.1 Å². The fraction of sp³-hybridized carbons (Fsp3) is 0.640. The van der Waals surface area contributed by atoms with E-state index >= 15 is 0 Å². The molecule has 2 radical (unpaired) electrons. The van der Waals surface area contributed by atoms with Crippen molar-refractivity contribution in [2.24, 2.45) is 16.8 Å². The van der Waals surface area contributed by atoms with Gasteiger partial charge in [-0.15, -0.1) is 11.3 Å². The average molecular weight is 621 g/mol. The van der Waals surface area contributed by atoms with E-state index in [-0.39, 0.29) is 56.1 Å². The van der Waals surface area contributed by atoms with Crippen molar-refractivity contribution >= 4 is 66.4 Å². The minimum atomic E-state index is -1.59. The molecule has 4 rings (SSSR count). The molecule has 0 saturated carbocycles. The van der Waals surface area contributed by atoms with Crippen LogP contribution in [0, 0.1) is 12.8 Å². The molecule has 1 aromatic rings. The number of thiazole rings is 1. The number of hydrogen-bond donors (Lipinski definition) is 1. The van der Waals surface area contributed by atoms with Crippen molar-refractivity contribution in [3.8, 4) is 0 Å². The summed E-state index contributed by atoms with van der Waals surface area (Å²) < 4.78 is 9.97. The van der Waals surface area contributed by atoms with Crippen LogP contribution in [0.15, 0.2) is 10.5 Å². The maximum atomic E-state index is 13.6. The van der Waals surface area contributed by atoms with Gasteiger partial charge in [0.15, 0.2) is 11.5 Å². The summed E-state index contributed by atoms with van der Waals surface area (Å²) in [5, 5.41) is 5.71. The Labute approximate surface area is 252 Å². The van der Waals surface area contributed by atoms with E-state index in [2.05, 4.69) is 14.8 Å². The highest BCUT2D eigenvalue weighted by Gasteiger charge is 2.66. The highest BCUT2D eigenvalue weighted by atomic mass is 32.2. The number of Topliss-reactive ketones (excluding diaryl/α,β-unsaturated/α-hetero) is 1. The second-order valence-corrected chi connectivity index (χ2v) is 14.1. The van der Waals surface area contributed by atoms with Crippen molar-refractivity contribution in [3.05, 3.63) is 16.1 Å². The highest BCUT2D eigenvalue weighted by molar-refractivity contribution is 8.02. The van der Waals surface area contributed by atoms with Gasteiger partial charge in [0, 0.05) is 18.5 Å². The van der Waals surface area contributed by atoms with E-state index < -0.39 is 45.1 Å². The number of rotatable bonds is 10. The molecule has 0 aliphatic carbocycles. The van der Waals surface area contributed by atoms with E-state index in [0.717, 1.165) is 11.8 Å². The minimum absolute atomic E-state index is 0.00369. The molecular weight excluding hydrogens is 587 g/mol. The molecule has 3 saturated heterocycles. The Morgan fingerprint density at radius 3 is 2.48 bits per heavy atom. The number of carbonyl (C=O) groups is 5. The van der Waals surface area contributed by atoms with E-state index in [0.29, 0.717) is 5.01 Å². The summed E-state index contributed by atoms with van der Waals surface area (Å²) in [6.07, 6.45) is -0.282. The Kier molecular flexibility index (Phi) is 8.80. The third kappa shape index (κ3) is 6.05. The van der Waals surface area contributed by atoms with Crippen molar-refractivity contribution in [2.75, 3.05) is 26.4 Å². The summed E-state index contributed by atoms with van der Waals surface area (Å²) in [6, 6.07) is 0. The number of esters is 1. The number of ether oxygens (including phenoxy) is 1. The van der Waals surface area contributed by atoms with Crippen LogP contribution >= 0.6 is 23.1 Å². The Balaban J connectivity index is 1.55. The second-order valence-electron chi connectivity index (χ2n) is 11.7. The van der Waals surface area contributed by atoms with Crippen LogP contribution in [0.1, 0.15) is 51.7 Å². The fourth-order valence-electron chi connectivity index (χ4n) is 4.68. The lowest BCUT2D eigenvalue weighted by molar-refractivity contribution is -0.179. The molecule has 1 unspecified atom stereocenters. The van der Waals surface area contributed by atoms with E-state index in [4.69, 9.17) is 23.4 Å². The average Bonchev–Trinajstić information content (AvgIpc) is 3.61. The fourth-order valence-corrected chi connectivity index (χ4v) is 7.00. The maximum Gasteiger partial charge on any atom is 0.378 e. The number of nitrogens with two attached hydrogens (primary N) is 1. The molecule has 4 heterocycles. The molecule has 3 aliphatic rings. The number of aryl methyl sites for hydroxylation is 1. The summed E-state index contributed by atoms with van der Waals surface area (Å²) >= 11 is 2.33. The quantitative estimate of drug-likeness (QED) is 0.123. The molecule has 2 N–H and O–H groups in total. The number of carbonyl (C=O) groups excluding carboxylic acids is 5. The van der Waals surface area contributed by atoms with Gasteiger partial charge >= 0.3 is 20.0 Å². The molecule has 1 aromatic heterocycles. The van der Waals surface area contributed by atoms with E-state index in [1.807, 2.05) is 0 Å². The van der Waals surface area contributed by atoms with Crippen LogP contribution in [-0.2, 0) is 38.2 Å². The normalized spacial score (nSPS) is 24.9. The molecule has 2 amide bonds. The number of fused-ring (bicyclic) bond motifs is 1.